The van der Waals surface area contributed by atoms with Gasteiger partial charge in [0.05, 0.1) is 0 Å². The standard InChI is InChI=1S/C14H10F2O/c1-9-5-11(8-13(16)6-9)14(17)10-3-2-4-12(15)7-10/h2-8H,1H3. The van der Waals surface area contributed by atoms with E-state index in [1.165, 1.54) is 24.3 Å². The molecule has 0 heterocycles. The van der Waals surface area contributed by atoms with Crippen LogP contribution in [0.15, 0.2) is 42.5 Å². The molecule has 0 saturated heterocycles. The summed E-state index contributed by atoms with van der Waals surface area (Å²) in [5.41, 5.74) is 1.10. The highest BCUT2D eigenvalue weighted by Gasteiger charge is 2.11. The lowest BCUT2D eigenvalue weighted by Crippen LogP contribution is -2.02. The lowest BCUT2D eigenvalue weighted by atomic mass is 10.0. The van der Waals surface area contributed by atoms with Crippen LogP contribution in [0.25, 0.3) is 0 Å². The van der Waals surface area contributed by atoms with E-state index in [1.54, 1.807) is 13.0 Å². The predicted molar refractivity (Wildman–Crippen MR) is 61.0 cm³/mol. The van der Waals surface area contributed by atoms with E-state index in [2.05, 4.69) is 0 Å². The van der Waals surface area contributed by atoms with Crippen molar-refractivity contribution in [1.82, 2.24) is 0 Å². The van der Waals surface area contributed by atoms with E-state index in [0.29, 0.717) is 5.56 Å². The van der Waals surface area contributed by atoms with E-state index < -0.39 is 11.6 Å². The Hall–Kier alpha value is -2.03. The van der Waals surface area contributed by atoms with E-state index in [1.807, 2.05) is 0 Å². The Kier molecular flexibility index (Phi) is 3.00. The number of rotatable bonds is 2. The lowest BCUT2D eigenvalue weighted by molar-refractivity contribution is 0.103. The zero-order valence-corrected chi connectivity index (χ0v) is 9.21. The predicted octanol–water partition coefficient (Wildman–Crippen LogP) is 3.50. The molecule has 1 nitrogen and oxygen atoms in total. The summed E-state index contributed by atoms with van der Waals surface area (Å²) in [5.74, 6) is -1.33. The van der Waals surface area contributed by atoms with Gasteiger partial charge in [0.15, 0.2) is 5.78 Å². The summed E-state index contributed by atoms with van der Waals surface area (Å²) < 4.78 is 26.1. The van der Waals surface area contributed by atoms with Crippen LogP contribution in [0.4, 0.5) is 8.78 Å². The molecule has 3 heteroatoms. The highest BCUT2D eigenvalue weighted by molar-refractivity contribution is 6.09. The largest absolute Gasteiger partial charge is 0.289 e. The second-order valence-corrected chi connectivity index (χ2v) is 3.86. The Balaban J connectivity index is 2.43. The number of carbonyl (C=O) groups excluding carboxylic acids is 1. The van der Waals surface area contributed by atoms with Crippen LogP contribution in [0.3, 0.4) is 0 Å². The van der Waals surface area contributed by atoms with Crippen molar-refractivity contribution in [1.29, 1.82) is 0 Å². The fourth-order valence-electron chi connectivity index (χ4n) is 1.66. The summed E-state index contributed by atoms with van der Waals surface area (Å²) in [6, 6.07) is 9.43. The quantitative estimate of drug-likeness (QED) is 0.724. The monoisotopic (exact) mass is 232 g/mol. The molecule has 0 aliphatic rings. The third-order valence-corrected chi connectivity index (χ3v) is 2.39. The second-order valence-electron chi connectivity index (χ2n) is 3.86. The molecule has 0 spiro atoms. The third-order valence-electron chi connectivity index (χ3n) is 2.39. The number of benzene rings is 2. The number of hydrogen-bond donors (Lipinski definition) is 0. The van der Waals surface area contributed by atoms with Crippen LogP contribution in [0, 0.1) is 18.6 Å². The van der Waals surface area contributed by atoms with Crippen LogP contribution in [0.2, 0.25) is 0 Å². The Morgan fingerprint density at radius 1 is 0.941 bits per heavy atom. The van der Waals surface area contributed by atoms with E-state index in [-0.39, 0.29) is 16.9 Å². The topological polar surface area (TPSA) is 17.1 Å². The van der Waals surface area contributed by atoms with Crippen LogP contribution in [0.1, 0.15) is 21.5 Å². The normalized spacial score (nSPS) is 10.3. The van der Waals surface area contributed by atoms with Gasteiger partial charge in [0, 0.05) is 11.1 Å². The number of hydrogen-bond acceptors (Lipinski definition) is 1. The Morgan fingerprint density at radius 3 is 2.29 bits per heavy atom. The van der Waals surface area contributed by atoms with Crippen molar-refractivity contribution in [2.24, 2.45) is 0 Å². The van der Waals surface area contributed by atoms with Gasteiger partial charge in [-0.25, -0.2) is 8.78 Å². The highest BCUT2D eigenvalue weighted by Crippen LogP contribution is 2.14. The van der Waals surface area contributed by atoms with E-state index >= 15 is 0 Å². The molecular formula is C14H10F2O. The van der Waals surface area contributed by atoms with Crippen LogP contribution < -0.4 is 0 Å². The Morgan fingerprint density at radius 2 is 1.65 bits per heavy atom. The van der Waals surface area contributed by atoms with Crippen molar-refractivity contribution in [2.45, 2.75) is 6.92 Å². The van der Waals surface area contributed by atoms with E-state index in [9.17, 15) is 13.6 Å². The molecule has 0 saturated carbocycles. The minimum absolute atomic E-state index is 0.218. The van der Waals surface area contributed by atoms with Gasteiger partial charge in [-0.05, 0) is 42.8 Å². The molecule has 0 fully saturated rings. The molecule has 0 aliphatic heterocycles. The molecule has 0 unspecified atom stereocenters. The average molecular weight is 232 g/mol. The minimum atomic E-state index is -0.482. The minimum Gasteiger partial charge on any atom is -0.289 e. The molecule has 0 aliphatic carbocycles. The molecule has 0 aromatic heterocycles. The third kappa shape index (κ3) is 2.56. The summed E-state index contributed by atoms with van der Waals surface area (Å²) in [6.07, 6.45) is 0. The summed E-state index contributed by atoms with van der Waals surface area (Å²) in [7, 11) is 0. The Labute approximate surface area is 97.7 Å². The molecule has 2 aromatic rings. The maximum atomic E-state index is 13.2. The zero-order valence-electron chi connectivity index (χ0n) is 9.21. The maximum Gasteiger partial charge on any atom is 0.193 e. The van der Waals surface area contributed by atoms with Crippen LogP contribution in [-0.4, -0.2) is 5.78 Å². The van der Waals surface area contributed by atoms with Gasteiger partial charge in [-0.2, -0.15) is 0 Å². The summed E-state index contributed by atoms with van der Waals surface area (Å²) in [5, 5.41) is 0. The highest BCUT2D eigenvalue weighted by atomic mass is 19.1. The first-order valence-electron chi connectivity index (χ1n) is 5.14. The fraction of sp³-hybridized carbons (Fsp3) is 0.0714. The van der Waals surface area contributed by atoms with Crippen molar-refractivity contribution in [3.63, 3.8) is 0 Å². The summed E-state index contributed by atoms with van der Waals surface area (Å²) in [6.45, 7) is 1.70. The first kappa shape index (κ1) is 11.5. The molecule has 2 aromatic carbocycles. The summed E-state index contributed by atoms with van der Waals surface area (Å²) >= 11 is 0. The van der Waals surface area contributed by atoms with Gasteiger partial charge < -0.3 is 0 Å². The van der Waals surface area contributed by atoms with Crippen LogP contribution in [0.5, 0.6) is 0 Å². The number of carbonyl (C=O) groups is 1. The molecule has 2 rings (SSSR count). The van der Waals surface area contributed by atoms with Gasteiger partial charge in [0.1, 0.15) is 11.6 Å². The first-order chi connectivity index (χ1) is 8.06. The van der Waals surface area contributed by atoms with Gasteiger partial charge in [0.2, 0.25) is 0 Å². The molecule has 0 bridgehead atoms. The molecular weight excluding hydrogens is 222 g/mol. The second kappa shape index (κ2) is 4.45. The Bertz CT molecular complexity index is 556. The van der Waals surface area contributed by atoms with E-state index in [4.69, 9.17) is 0 Å². The van der Waals surface area contributed by atoms with Gasteiger partial charge >= 0.3 is 0 Å². The molecule has 0 N–H and O–H groups in total. The van der Waals surface area contributed by atoms with E-state index in [0.717, 1.165) is 12.1 Å². The maximum absolute atomic E-state index is 13.2. The van der Waals surface area contributed by atoms with Gasteiger partial charge in [0.25, 0.3) is 0 Å². The fourth-order valence-corrected chi connectivity index (χ4v) is 1.66. The zero-order chi connectivity index (χ0) is 12.4. The smallest absolute Gasteiger partial charge is 0.193 e. The molecule has 0 radical (unpaired) electrons. The van der Waals surface area contributed by atoms with Crippen molar-refractivity contribution in [3.8, 4) is 0 Å². The average Bonchev–Trinajstić information content (AvgIpc) is 2.26. The lowest BCUT2D eigenvalue weighted by Gasteiger charge is -2.03. The molecule has 86 valence electrons. The summed E-state index contributed by atoms with van der Waals surface area (Å²) in [4.78, 5) is 12.0. The number of ketones is 1. The van der Waals surface area contributed by atoms with Gasteiger partial charge in [-0.3, -0.25) is 4.79 Å². The van der Waals surface area contributed by atoms with Gasteiger partial charge in [-0.15, -0.1) is 0 Å². The van der Waals surface area contributed by atoms with Gasteiger partial charge in [-0.1, -0.05) is 12.1 Å². The first-order valence-corrected chi connectivity index (χ1v) is 5.14. The van der Waals surface area contributed by atoms with Crippen LogP contribution >= 0.6 is 0 Å². The van der Waals surface area contributed by atoms with Crippen molar-refractivity contribution in [3.05, 3.63) is 70.8 Å². The van der Waals surface area contributed by atoms with Crippen molar-refractivity contribution >= 4 is 5.78 Å². The molecule has 0 atom stereocenters. The number of halogens is 2. The molecule has 17 heavy (non-hydrogen) atoms. The van der Waals surface area contributed by atoms with Crippen molar-refractivity contribution in [2.75, 3.05) is 0 Å². The van der Waals surface area contributed by atoms with Crippen LogP contribution in [-0.2, 0) is 0 Å². The van der Waals surface area contributed by atoms with Crippen molar-refractivity contribution < 1.29 is 13.6 Å². The molecule has 0 amide bonds. The number of aryl methyl sites for hydroxylation is 1. The SMILES string of the molecule is Cc1cc(F)cc(C(=O)c2cccc(F)c2)c1.